The van der Waals surface area contributed by atoms with Gasteiger partial charge in [0, 0.05) is 22.7 Å². The van der Waals surface area contributed by atoms with Crippen LogP contribution in [0.25, 0.3) is 0 Å². The molecule has 3 aromatic carbocycles. The van der Waals surface area contributed by atoms with Gasteiger partial charge in [0.25, 0.3) is 5.91 Å². The van der Waals surface area contributed by atoms with Gasteiger partial charge in [-0.3, -0.25) is 4.79 Å². The molecule has 0 spiro atoms. The molecule has 1 unspecified atom stereocenters. The maximum Gasteiger partial charge on any atom is 0.254 e. The van der Waals surface area contributed by atoms with E-state index in [0.717, 1.165) is 23.5 Å². The van der Waals surface area contributed by atoms with Gasteiger partial charge in [0.15, 0.2) is 18.6 Å². The molecule has 3 aromatic rings. The van der Waals surface area contributed by atoms with E-state index >= 15 is 0 Å². The lowest BCUT2D eigenvalue weighted by molar-refractivity contribution is 0.0689. The van der Waals surface area contributed by atoms with Crippen LogP contribution < -0.4 is 20.1 Å². The third-order valence-electron chi connectivity index (χ3n) is 6.06. The number of hydrogen-bond acceptors (Lipinski definition) is 4. The Bertz CT molecular complexity index is 1070. The van der Waals surface area contributed by atoms with Gasteiger partial charge >= 0.3 is 0 Å². The number of carbonyl (C=O) groups is 1. The molecule has 6 heteroatoms. The first-order valence-corrected chi connectivity index (χ1v) is 12.6. The second-order valence-corrected chi connectivity index (χ2v) is 10.8. The van der Waals surface area contributed by atoms with E-state index in [1.165, 1.54) is 0 Å². The van der Waals surface area contributed by atoms with Gasteiger partial charge in [-0.15, -0.1) is 0 Å². The van der Waals surface area contributed by atoms with Crippen LogP contribution in [-0.2, 0) is 4.57 Å². The molecule has 166 valence electrons. The Hall–Kier alpha value is -3.04. The van der Waals surface area contributed by atoms with Crippen LogP contribution in [0.4, 0.5) is 0 Å². The highest BCUT2D eigenvalue weighted by Gasteiger charge is 2.43. The van der Waals surface area contributed by atoms with Crippen LogP contribution in [-0.4, -0.2) is 37.4 Å². The molecule has 32 heavy (non-hydrogen) atoms. The van der Waals surface area contributed by atoms with Crippen LogP contribution in [0.3, 0.4) is 0 Å². The second kappa shape index (κ2) is 9.62. The van der Waals surface area contributed by atoms with E-state index in [1.54, 1.807) is 32.4 Å². The Labute approximate surface area is 189 Å². The lowest BCUT2D eigenvalue weighted by Crippen LogP contribution is -2.46. The van der Waals surface area contributed by atoms with Crippen LogP contribution >= 0.6 is 7.14 Å². The summed E-state index contributed by atoms with van der Waals surface area (Å²) in [6.45, 7) is 0.571. The minimum Gasteiger partial charge on any atom is -0.493 e. The first-order valence-electron chi connectivity index (χ1n) is 10.8. The molecule has 0 aromatic heterocycles. The van der Waals surface area contributed by atoms with Crippen molar-refractivity contribution in [3.63, 3.8) is 0 Å². The zero-order valence-electron chi connectivity index (χ0n) is 18.4. The molecule has 1 aliphatic heterocycles. The smallest absolute Gasteiger partial charge is 0.254 e. The van der Waals surface area contributed by atoms with Gasteiger partial charge in [-0.2, -0.15) is 0 Å². The zero-order valence-corrected chi connectivity index (χ0v) is 19.3. The number of nitrogens with zero attached hydrogens (tertiary/aromatic N) is 1. The molecule has 1 heterocycles. The van der Waals surface area contributed by atoms with Crippen molar-refractivity contribution in [1.82, 2.24) is 4.90 Å². The maximum absolute atomic E-state index is 14.9. The quantitative estimate of drug-likeness (QED) is 0.513. The standard InChI is InChI=1S/C26H28NO4P/c1-30-23-17-16-20(19-24(23)31-2)26(28)27-18-10-9-15-25(27)32(29,21-11-5-3-6-12-21)22-13-7-4-8-14-22/h3-8,11-14,16-17,19,25H,9-10,15,18H2,1-2H3. The van der Waals surface area contributed by atoms with Crippen molar-refractivity contribution in [2.75, 3.05) is 20.8 Å². The first-order chi connectivity index (χ1) is 15.6. The molecule has 1 aliphatic rings. The van der Waals surface area contributed by atoms with Crippen molar-refractivity contribution in [2.24, 2.45) is 0 Å². The number of carbonyl (C=O) groups excluding carboxylic acids is 1. The molecule has 1 saturated heterocycles. The van der Waals surface area contributed by atoms with Gasteiger partial charge in [0.05, 0.1) is 20.0 Å². The van der Waals surface area contributed by atoms with Crippen molar-refractivity contribution in [2.45, 2.75) is 25.0 Å². The summed E-state index contributed by atoms with van der Waals surface area (Å²) in [6.07, 6.45) is 2.52. The lowest BCUT2D eigenvalue weighted by Gasteiger charge is -2.41. The largest absolute Gasteiger partial charge is 0.493 e. The van der Waals surface area contributed by atoms with E-state index in [9.17, 15) is 9.36 Å². The van der Waals surface area contributed by atoms with Gasteiger partial charge in [0.1, 0.15) is 0 Å². The van der Waals surface area contributed by atoms with Crippen molar-refractivity contribution in [3.05, 3.63) is 84.4 Å². The third-order valence-corrected chi connectivity index (χ3v) is 9.57. The zero-order chi connectivity index (χ0) is 22.6. The van der Waals surface area contributed by atoms with Crippen LogP contribution in [0.2, 0.25) is 0 Å². The molecule has 0 bridgehead atoms. The predicted molar refractivity (Wildman–Crippen MR) is 128 cm³/mol. The molecule has 0 radical (unpaired) electrons. The number of piperidine rings is 1. The van der Waals surface area contributed by atoms with Crippen molar-refractivity contribution in [3.8, 4) is 11.5 Å². The fourth-order valence-electron chi connectivity index (χ4n) is 4.46. The van der Waals surface area contributed by atoms with E-state index in [0.29, 0.717) is 30.0 Å². The third kappa shape index (κ3) is 4.05. The van der Waals surface area contributed by atoms with E-state index in [-0.39, 0.29) is 5.91 Å². The minimum absolute atomic E-state index is 0.136. The van der Waals surface area contributed by atoms with Crippen LogP contribution in [0.1, 0.15) is 29.6 Å². The first kappa shape index (κ1) is 22.2. The Kier molecular flexibility index (Phi) is 6.66. The average molecular weight is 449 g/mol. The summed E-state index contributed by atoms with van der Waals surface area (Å²) < 4.78 is 25.6. The normalized spacial score (nSPS) is 16.4. The molecule has 0 N–H and O–H groups in total. The summed E-state index contributed by atoms with van der Waals surface area (Å²) in [5.74, 6) is 0.532. The van der Waals surface area contributed by atoms with Crippen LogP contribution in [0.15, 0.2) is 78.9 Å². The number of benzene rings is 3. The van der Waals surface area contributed by atoms with E-state index in [2.05, 4.69) is 0 Å². The van der Waals surface area contributed by atoms with Crippen LogP contribution in [0, 0.1) is 0 Å². The molecule has 0 aliphatic carbocycles. The monoisotopic (exact) mass is 449 g/mol. The van der Waals surface area contributed by atoms with Crippen molar-refractivity contribution in [1.29, 1.82) is 0 Å². The van der Waals surface area contributed by atoms with Crippen molar-refractivity contribution >= 4 is 23.7 Å². The summed E-state index contributed by atoms with van der Waals surface area (Å²) in [5.41, 5.74) is 0.502. The summed E-state index contributed by atoms with van der Waals surface area (Å²) in [5, 5.41) is 1.56. The highest BCUT2D eigenvalue weighted by atomic mass is 31.2. The number of hydrogen-bond donors (Lipinski definition) is 0. The van der Waals surface area contributed by atoms with Crippen molar-refractivity contribution < 1.29 is 18.8 Å². The van der Waals surface area contributed by atoms with E-state index in [1.807, 2.05) is 65.6 Å². The molecule has 1 atom stereocenters. The highest BCUT2D eigenvalue weighted by molar-refractivity contribution is 7.79. The lowest BCUT2D eigenvalue weighted by atomic mass is 10.1. The fraction of sp³-hybridized carbons (Fsp3) is 0.269. The number of amides is 1. The van der Waals surface area contributed by atoms with Gasteiger partial charge in [-0.05, 0) is 37.5 Å². The average Bonchev–Trinajstić information content (AvgIpc) is 2.88. The summed E-state index contributed by atoms with van der Waals surface area (Å²) in [7, 11) is 0.000977. The maximum atomic E-state index is 14.9. The molecule has 1 amide bonds. The number of rotatable bonds is 6. The molecule has 4 rings (SSSR count). The Morgan fingerprint density at radius 2 is 1.44 bits per heavy atom. The van der Waals surface area contributed by atoms with E-state index in [4.69, 9.17) is 9.47 Å². The summed E-state index contributed by atoms with van der Waals surface area (Å²) in [6, 6.07) is 24.3. The van der Waals surface area contributed by atoms with Gasteiger partial charge in [0.2, 0.25) is 0 Å². The summed E-state index contributed by atoms with van der Waals surface area (Å²) in [4.78, 5) is 15.5. The SMILES string of the molecule is COc1ccc(C(=O)N2CCCCC2P(=O)(c2ccccc2)c2ccccc2)cc1OC. The molecule has 5 nitrogen and oxygen atoms in total. The Balaban J connectivity index is 1.79. The molecular formula is C26H28NO4P. The number of methoxy groups -OCH3 is 2. The second-order valence-electron chi connectivity index (χ2n) is 7.87. The van der Waals surface area contributed by atoms with Crippen LogP contribution in [0.5, 0.6) is 11.5 Å². The van der Waals surface area contributed by atoms with E-state index < -0.39 is 12.9 Å². The topological polar surface area (TPSA) is 55.8 Å². The number of ether oxygens (including phenoxy) is 2. The van der Waals surface area contributed by atoms with Gasteiger partial charge in [-0.25, -0.2) is 0 Å². The van der Waals surface area contributed by atoms with Gasteiger partial charge < -0.3 is 18.9 Å². The van der Waals surface area contributed by atoms with Gasteiger partial charge in [-0.1, -0.05) is 60.7 Å². The molecular weight excluding hydrogens is 421 g/mol. The molecule has 0 saturated carbocycles. The minimum atomic E-state index is -3.11. The summed E-state index contributed by atoms with van der Waals surface area (Å²) >= 11 is 0. The molecule has 1 fully saturated rings. The Morgan fingerprint density at radius 1 is 0.844 bits per heavy atom. The predicted octanol–water partition coefficient (Wildman–Crippen LogP) is 4.67. The Morgan fingerprint density at radius 3 is 2.00 bits per heavy atom. The highest BCUT2D eigenvalue weighted by Crippen LogP contribution is 2.53. The fourth-order valence-corrected chi connectivity index (χ4v) is 7.83. The number of likely N-dealkylation sites (tertiary alicyclic amines) is 1.